The summed E-state index contributed by atoms with van der Waals surface area (Å²) in [5.74, 6) is -1.000. The molecule has 1 fully saturated rings. The van der Waals surface area contributed by atoms with E-state index in [-0.39, 0.29) is 5.78 Å². The SMILES string of the molecule is COC(=O)C1C(C(=O)c2ccccc2)N(C(c2ccccc2)c2ccccc2)C(=O)N1C(c1ccccc1)c1ccccc1. The zero-order valence-electron chi connectivity index (χ0n) is 24.3. The van der Waals surface area contributed by atoms with Crippen LogP contribution in [-0.4, -0.2) is 46.8 Å². The quantitative estimate of drug-likeness (QED) is 0.138. The molecular formula is C38H32N2O4. The summed E-state index contributed by atoms with van der Waals surface area (Å²) in [6.45, 7) is 0. The molecule has 0 saturated carbocycles. The van der Waals surface area contributed by atoms with Crippen LogP contribution in [0.1, 0.15) is 44.7 Å². The Morgan fingerprint density at radius 2 is 0.841 bits per heavy atom. The highest BCUT2D eigenvalue weighted by Crippen LogP contribution is 2.43. The second-order valence-electron chi connectivity index (χ2n) is 10.7. The number of ether oxygens (including phenoxy) is 1. The van der Waals surface area contributed by atoms with Crippen molar-refractivity contribution >= 4 is 17.8 Å². The highest BCUT2D eigenvalue weighted by atomic mass is 16.5. The van der Waals surface area contributed by atoms with E-state index in [1.54, 1.807) is 34.1 Å². The second-order valence-corrected chi connectivity index (χ2v) is 10.7. The van der Waals surface area contributed by atoms with Crippen LogP contribution in [0, 0.1) is 0 Å². The fourth-order valence-corrected chi connectivity index (χ4v) is 6.19. The normalized spacial score (nSPS) is 16.4. The lowest BCUT2D eigenvalue weighted by atomic mass is 9.91. The van der Waals surface area contributed by atoms with Gasteiger partial charge in [0.1, 0.15) is 6.04 Å². The molecule has 0 radical (unpaired) electrons. The third-order valence-corrected chi connectivity index (χ3v) is 8.13. The fraction of sp³-hybridized carbons (Fsp3) is 0.132. The van der Waals surface area contributed by atoms with Crippen LogP contribution >= 0.6 is 0 Å². The van der Waals surface area contributed by atoms with Crippen LogP contribution in [0.2, 0.25) is 0 Å². The Kier molecular flexibility index (Phi) is 8.32. The lowest BCUT2D eigenvalue weighted by molar-refractivity contribution is -0.146. The number of esters is 1. The third-order valence-electron chi connectivity index (χ3n) is 8.13. The van der Waals surface area contributed by atoms with Crippen LogP contribution in [-0.2, 0) is 9.53 Å². The molecule has 1 aliphatic rings. The first kappa shape index (κ1) is 28.6. The predicted octanol–water partition coefficient (Wildman–Crippen LogP) is 7.10. The smallest absolute Gasteiger partial charge is 0.331 e. The zero-order chi connectivity index (χ0) is 30.5. The van der Waals surface area contributed by atoms with Gasteiger partial charge in [0.2, 0.25) is 0 Å². The maximum absolute atomic E-state index is 15.2. The maximum Gasteiger partial charge on any atom is 0.331 e. The van der Waals surface area contributed by atoms with Crippen molar-refractivity contribution in [3.05, 3.63) is 179 Å². The largest absolute Gasteiger partial charge is 0.467 e. The molecule has 1 heterocycles. The highest BCUT2D eigenvalue weighted by Gasteiger charge is 2.58. The van der Waals surface area contributed by atoms with Crippen molar-refractivity contribution in [2.75, 3.05) is 7.11 Å². The number of amides is 2. The zero-order valence-corrected chi connectivity index (χ0v) is 24.3. The molecule has 6 heteroatoms. The molecule has 6 rings (SSSR count). The van der Waals surface area contributed by atoms with Gasteiger partial charge in [-0.2, -0.15) is 0 Å². The van der Waals surface area contributed by atoms with E-state index in [0.717, 1.165) is 22.3 Å². The lowest BCUT2D eigenvalue weighted by Gasteiger charge is -2.33. The molecule has 0 spiro atoms. The van der Waals surface area contributed by atoms with Crippen molar-refractivity contribution < 1.29 is 19.1 Å². The van der Waals surface area contributed by atoms with E-state index in [2.05, 4.69) is 0 Å². The Morgan fingerprint density at radius 1 is 0.523 bits per heavy atom. The van der Waals surface area contributed by atoms with Gasteiger partial charge in [0, 0.05) is 5.56 Å². The molecule has 1 saturated heterocycles. The Hall–Kier alpha value is -5.49. The van der Waals surface area contributed by atoms with Crippen molar-refractivity contribution in [2.24, 2.45) is 0 Å². The van der Waals surface area contributed by atoms with Gasteiger partial charge in [-0.25, -0.2) is 9.59 Å². The van der Waals surface area contributed by atoms with E-state index in [4.69, 9.17) is 4.74 Å². The number of ketones is 1. The molecule has 5 aromatic carbocycles. The van der Waals surface area contributed by atoms with E-state index in [0.29, 0.717) is 5.56 Å². The molecule has 44 heavy (non-hydrogen) atoms. The van der Waals surface area contributed by atoms with Crippen LogP contribution in [0.5, 0.6) is 0 Å². The Bertz CT molecular complexity index is 1640. The van der Waals surface area contributed by atoms with Gasteiger partial charge < -0.3 is 9.64 Å². The first-order chi connectivity index (χ1) is 21.6. The molecule has 5 aromatic rings. The van der Waals surface area contributed by atoms with Crippen LogP contribution < -0.4 is 0 Å². The summed E-state index contributed by atoms with van der Waals surface area (Å²) < 4.78 is 5.38. The van der Waals surface area contributed by atoms with Crippen molar-refractivity contribution in [3.63, 3.8) is 0 Å². The molecule has 0 aliphatic carbocycles. The number of nitrogens with zero attached hydrogens (tertiary/aromatic N) is 2. The molecule has 0 N–H and O–H groups in total. The second kappa shape index (κ2) is 12.8. The lowest BCUT2D eigenvalue weighted by Crippen LogP contribution is -2.50. The van der Waals surface area contributed by atoms with E-state index < -0.39 is 36.2 Å². The van der Waals surface area contributed by atoms with Gasteiger partial charge >= 0.3 is 12.0 Å². The monoisotopic (exact) mass is 580 g/mol. The number of hydrogen-bond donors (Lipinski definition) is 0. The molecule has 2 atom stereocenters. The van der Waals surface area contributed by atoms with Crippen LogP contribution in [0.4, 0.5) is 4.79 Å². The number of benzene rings is 5. The minimum Gasteiger partial charge on any atom is -0.467 e. The number of rotatable bonds is 9. The molecule has 0 bridgehead atoms. The van der Waals surface area contributed by atoms with Crippen LogP contribution in [0.25, 0.3) is 0 Å². The summed E-state index contributed by atoms with van der Waals surface area (Å²) in [5, 5.41) is 0. The number of hydrogen-bond acceptors (Lipinski definition) is 4. The van der Waals surface area contributed by atoms with Crippen molar-refractivity contribution in [2.45, 2.75) is 24.2 Å². The van der Waals surface area contributed by atoms with Gasteiger partial charge in [-0.3, -0.25) is 9.69 Å². The van der Waals surface area contributed by atoms with Gasteiger partial charge in [0.15, 0.2) is 11.8 Å². The first-order valence-corrected chi connectivity index (χ1v) is 14.6. The van der Waals surface area contributed by atoms with E-state index in [9.17, 15) is 9.59 Å². The Labute approximate surface area is 257 Å². The van der Waals surface area contributed by atoms with Gasteiger partial charge in [0.25, 0.3) is 0 Å². The van der Waals surface area contributed by atoms with Crippen LogP contribution in [0.15, 0.2) is 152 Å². The molecule has 2 amide bonds. The van der Waals surface area contributed by atoms with Gasteiger partial charge in [-0.15, -0.1) is 0 Å². The minimum absolute atomic E-state index is 0.339. The van der Waals surface area contributed by atoms with Crippen molar-refractivity contribution in [3.8, 4) is 0 Å². The summed E-state index contributed by atoms with van der Waals surface area (Å²) >= 11 is 0. The molecule has 218 valence electrons. The minimum atomic E-state index is -1.24. The summed E-state index contributed by atoms with van der Waals surface area (Å²) in [6, 6.07) is 43.0. The predicted molar refractivity (Wildman–Crippen MR) is 169 cm³/mol. The summed E-state index contributed by atoms with van der Waals surface area (Å²) in [6.07, 6.45) is 0. The summed E-state index contributed by atoms with van der Waals surface area (Å²) in [4.78, 5) is 46.8. The van der Waals surface area contributed by atoms with Crippen molar-refractivity contribution in [1.29, 1.82) is 0 Å². The molecule has 6 nitrogen and oxygen atoms in total. The number of Topliss-reactive ketones (excluding diaryl/α,β-unsaturated/α-hetero) is 1. The van der Waals surface area contributed by atoms with E-state index >= 15 is 4.79 Å². The summed E-state index contributed by atoms with van der Waals surface area (Å²) in [5.41, 5.74) is 3.66. The number of carbonyl (C=O) groups excluding carboxylic acids is 3. The van der Waals surface area contributed by atoms with Gasteiger partial charge in [-0.1, -0.05) is 152 Å². The van der Waals surface area contributed by atoms with Gasteiger partial charge in [0.05, 0.1) is 19.2 Å². The summed E-state index contributed by atoms with van der Waals surface area (Å²) in [7, 11) is 1.30. The molecule has 0 aromatic heterocycles. The third kappa shape index (κ3) is 5.38. The first-order valence-electron chi connectivity index (χ1n) is 14.6. The highest BCUT2D eigenvalue weighted by molar-refractivity contribution is 6.08. The number of methoxy groups -OCH3 is 1. The Morgan fingerprint density at radius 3 is 1.18 bits per heavy atom. The maximum atomic E-state index is 15.2. The average molecular weight is 581 g/mol. The molecular weight excluding hydrogens is 548 g/mol. The number of urea groups is 1. The Balaban J connectivity index is 1.62. The molecule has 2 unspecified atom stereocenters. The topological polar surface area (TPSA) is 66.9 Å². The standard InChI is InChI=1S/C38H32N2O4/c1-44-37(42)35-34(36(41)31-25-15-6-16-26-31)39(32(27-17-7-2-8-18-27)28-19-9-3-10-20-28)38(43)40(35)33(29-21-11-4-12-22-29)30-23-13-5-14-24-30/h2-26,32-35H,1H3. The molecule has 1 aliphatic heterocycles. The van der Waals surface area contributed by atoms with Crippen LogP contribution in [0.3, 0.4) is 0 Å². The van der Waals surface area contributed by atoms with E-state index in [1.165, 1.54) is 7.11 Å². The van der Waals surface area contributed by atoms with E-state index in [1.807, 2.05) is 127 Å². The average Bonchev–Trinajstić information content (AvgIpc) is 3.38. The van der Waals surface area contributed by atoms with Crippen molar-refractivity contribution in [1.82, 2.24) is 9.80 Å². The van der Waals surface area contributed by atoms with Gasteiger partial charge in [-0.05, 0) is 22.3 Å². The fourth-order valence-electron chi connectivity index (χ4n) is 6.19. The number of carbonyl (C=O) groups is 3.